The Morgan fingerprint density at radius 2 is 1.57 bits per heavy atom. The van der Waals surface area contributed by atoms with Crippen LogP contribution in [0, 0.1) is 0 Å². The number of esters is 1. The zero-order valence-electron chi connectivity index (χ0n) is 15.9. The third-order valence-corrected chi connectivity index (χ3v) is 5.59. The summed E-state index contributed by atoms with van der Waals surface area (Å²) in [5.41, 5.74) is 2.13. The van der Waals surface area contributed by atoms with Gasteiger partial charge in [-0.05, 0) is 23.3 Å². The van der Waals surface area contributed by atoms with Gasteiger partial charge >= 0.3 is 5.97 Å². The fourth-order valence-corrected chi connectivity index (χ4v) is 4.16. The van der Waals surface area contributed by atoms with Crippen LogP contribution in [0.25, 0.3) is 0 Å². The first-order valence-electron chi connectivity index (χ1n) is 9.65. The summed E-state index contributed by atoms with van der Waals surface area (Å²) in [6.07, 6.45) is -0.429. The summed E-state index contributed by atoms with van der Waals surface area (Å²) in [6.45, 7) is 0. The van der Waals surface area contributed by atoms with Crippen molar-refractivity contribution in [3.8, 4) is 23.0 Å². The average molecular weight is 402 g/mol. The van der Waals surface area contributed by atoms with E-state index in [0.29, 0.717) is 5.56 Å². The number of benzene rings is 3. The smallest absolute Gasteiger partial charge is 0.312 e. The van der Waals surface area contributed by atoms with Gasteiger partial charge in [0.25, 0.3) is 0 Å². The summed E-state index contributed by atoms with van der Waals surface area (Å²) in [4.78, 5) is 25.2. The first-order valence-corrected chi connectivity index (χ1v) is 9.65. The molecule has 3 aromatic rings. The molecule has 3 aromatic carbocycles. The highest BCUT2D eigenvalue weighted by Crippen LogP contribution is 2.51. The van der Waals surface area contributed by atoms with Crippen LogP contribution in [0.4, 0.5) is 0 Å². The lowest BCUT2D eigenvalue weighted by Gasteiger charge is -2.31. The first kappa shape index (κ1) is 18.2. The number of Topliss-reactive ketones (excluding diaryl/α,β-unsaturated/α-hetero) is 1. The molecule has 150 valence electrons. The van der Waals surface area contributed by atoms with Gasteiger partial charge in [-0.2, -0.15) is 0 Å². The number of phenolic OH excluding ortho intramolecular Hbond substituents is 2. The summed E-state index contributed by atoms with van der Waals surface area (Å²) in [5, 5.41) is 20.5. The van der Waals surface area contributed by atoms with E-state index in [0.717, 1.165) is 11.1 Å². The van der Waals surface area contributed by atoms with Crippen LogP contribution in [-0.4, -0.2) is 22.0 Å². The van der Waals surface area contributed by atoms with E-state index in [4.69, 9.17) is 9.47 Å². The van der Waals surface area contributed by atoms with Gasteiger partial charge in [0.15, 0.2) is 5.78 Å². The van der Waals surface area contributed by atoms with E-state index < -0.39 is 18.0 Å². The molecule has 0 radical (unpaired) electrons. The van der Waals surface area contributed by atoms with Crippen molar-refractivity contribution < 1.29 is 29.3 Å². The summed E-state index contributed by atoms with van der Waals surface area (Å²) in [6, 6.07) is 17.3. The molecule has 2 heterocycles. The van der Waals surface area contributed by atoms with Crippen molar-refractivity contribution in [1.29, 1.82) is 0 Å². The second-order valence-corrected chi connectivity index (χ2v) is 7.48. The maximum atomic E-state index is 13.0. The third kappa shape index (κ3) is 2.97. The van der Waals surface area contributed by atoms with Gasteiger partial charge in [-0.3, -0.25) is 9.59 Å². The molecule has 0 spiro atoms. The minimum atomic E-state index is -0.563. The molecule has 5 rings (SSSR count). The van der Waals surface area contributed by atoms with Crippen LogP contribution < -0.4 is 9.47 Å². The molecule has 30 heavy (non-hydrogen) atoms. The van der Waals surface area contributed by atoms with Gasteiger partial charge < -0.3 is 19.7 Å². The molecule has 6 heteroatoms. The highest BCUT2D eigenvalue weighted by molar-refractivity contribution is 6.03. The van der Waals surface area contributed by atoms with Crippen LogP contribution >= 0.6 is 0 Å². The predicted molar refractivity (Wildman–Crippen MR) is 107 cm³/mol. The van der Waals surface area contributed by atoms with Crippen molar-refractivity contribution in [3.63, 3.8) is 0 Å². The molecule has 0 bridgehead atoms. The molecule has 0 aliphatic carbocycles. The fourth-order valence-electron chi connectivity index (χ4n) is 4.16. The van der Waals surface area contributed by atoms with E-state index in [1.165, 1.54) is 18.2 Å². The van der Waals surface area contributed by atoms with Crippen molar-refractivity contribution in [3.05, 3.63) is 82.9 Å². The van der Waals surface area contributed by atoms with E-state index >= 15 is 0 Å². The number of hydrogen-bond acceptors (Lipinski definition) is 6. The third-order valence-electron chi connectivity index (χ3n) is 5.59. The van der Waals surface area contributed by atoms with Crippen LogP contribution in [0.3, 0.4) is 0 Å². The second kappa shape index (κ2) is 6.91. The van der Waals surface area contributed by atoms with E-state index in [1.807, 2.05) is 30.3 Å². The topological polar surface area (TPSA) is 93.1 Å². The number of carbonyl (C=O) groups is 2. The zero-order chi connectivity index (χ0) is 20.8. The van der Waals surface area contributed by atoms with Gasteiger partial charge in [0.2, 0.25) is 0 Å². The summed E-state index contributed by atoms with van der Waals surface area (Å²) >= 11 is 0. The number of ketones is 1. The molecule has 0 fully saturated rings. The Labute approximate surface area is 172 Å². The molecule has 2 N–H and O–H groups in total. The van der Waals surface area contributed by atoms with Crippen LogP contribution in [0.1, 0.15) is 51.9 Å². The number of fused-ring (bicyclic) bond motifs is 2. The molecule has 2 aliphatic rings. The molecule has 0 aromatic heterocycles. The van der Waals surface area contributed by atoms with E-state index in [9.17, 15) is 19.8 Å². The minimum absolute atomic E-state index is 0.0555. The van der Waals surface area contributed by atoms with Gasteiger partial charge in [0.1, 0.15) is 34.7 Å². The van der Waals surface area contributed by atoms with Crippen LogP contribution in [0.2, 0.25) is 0 Å². The Hall–Kier alpha value is -3.80. The fraction of sp³-hybridized carbons (Fsp3) is 0.167. The number of ether oxygens (including phenoxy) is 2. The van der Waals surface area contributed by atoms with Gasteiger partial charge in [0, 0.05) is 17.5 Å². The molecule has 0 saturated heterocycles. The number of carbonyl (C=O) groups excluding carboxylic acids is 2. The maximum Gasteiger partial charge on any atom is 0.312 e. The lowest BCUT2D eigenvalue weighted by atomic mass is 9.83. The molecule has 0 amide bonds. The number of phenols is 2. The number of rotatable bonds is 2. The quantitative estimate of drug-likeness (QED) is 0.492. The standard InChI is InChI=1S/C24H18O6/c25-15-8-6-14(7-9-15)18-11-17(26)23-20(29-18)12-19-22(24(23)28)16(10-21(27)30-19)13-4-2-1-3-5-13/h1-9,12,16,18,25,28H,10-11H2/t16-,18+/m1/s1. The molecule has 0 unspecified atom stereocenters. The molecular formula is C24H18O6. The van der Waals surface area contributed by atoms with Crippen LogP contribution in [-0.2, 0) is 4.79 Å². The minimum Gasteiger partial charge on any atom is -0.508 e. The second-order valence-electron chi connectivity index (χ2n) is 7.48. The Balaban J connectivity index is 1.60. The molecular weight excluding hydrogens is 384 g/mol. The molecule has 0 saturated carbocycles. The first-order chi connectivity index (χ1) is 14.5. The van der Waals surface area contributed by atoms with Crippen molar-refractivity contribution in [2.75, 3.05) is 0 Å². The SMILES string of the molecule is O=C1C[C@H](c2ccccc2)c2c(cc3c(c2O)C(=O)C[C@@H](c2ccc(O)cc2)O3)O1. The van der Waals surface area contributed by atoms with Gasteiger partial charge in [0.05, 0.1) is 12.8 Å². The van der Waals surface area contributed by atoms with Crippen molar-refractivity contribution >= 4 is 11.8 Å². The van der Waals surface area contributed by atoms with Crippen molar-refractivity contribution in [2.45, 2.75) is 24.9 Å². The monoisotopic (exact) mass is 402 g/mol. The van der Waals surface area contributed by atoms with Gasteiger partial charge in [-0.25, -0.2) is 0 Å². The van der Waals surface area contributed by atoms with Crippen LogP contribution in [0.15, 0.2) is 60.7 Å². The zero-order valence-corrected chi connectivity index (χ0v) is 15.9. The summed E-state index contributed by atoms with van der Waals surface area (Å²) < 4.78 is 11.4. The highest BCUT2D eigenvalue weighted by atomic mass is 16.5. The molecule has 2 atom stereocenters. The van der Waals surface area contributed by atoms with E-state index in [-0.39, 0.29) is 47.2 Å². The van der Waals surface area contributed by atoms with Gasteiger partial charge in [-0.1, -0.05) is 42.5 Å². The van der Waals surface area contributed by atoms with E-state index in [1.54, 1.807) is 12.1 Å². The van der Waals surface area contributed by atoms with E-state index in [2.05, 4.69) is 0 Å². The average Bonchev–Trinajstić information content (AvgIpc) is 2.73. The maximum absolute atomic E-state index is 13.0. The molecule has 6 nitrogen and oxygen atoms in total. The normalized spacial score (nSPS) is 20.0. The van der Waals surface area contributed by atoms with Crippen molar-refractivity contribution in [2.24, 2.45) is 0 Å². The van der Waals surface area contributed by atoms with Crippen molar-refractivity contribution in [1.82, 2.24) is 0 Å². The van der Waals surface area contributed by atoms with Crippen LogP contribution in [0.5, 0.6) is 23.0 Å². The lowest BCUT2D eigenvalue weighted by Crippen LogP contribution is -2.25. The number of hydrogen-bond donors (Lipinski definition) is 2. The lowest BCUT2D eigenvalue weighted by molar-refractivity contribution is -0.135. The Morgan fingerprint density at radius 3 is 2.30 bits per heavy atom. The molecule has 2 aliphatic heterocycles. The Kier molecular flexibility index (Phi) is 4.20. The highest BCUT2D eigenvalue weighted by Gasteiger charge is 2.38. The Bertz CT molecular complexity index is 1150. The summed E-state index contributed by atoms with van der Waals surface area (Å²) in [7, 11) is 0. The Morgan fingerprint density at radius 1 is 0.833 bits per heavy atom. The number of aromatic hydroxyl groups is 2. The summed E-state index contributed by atoms with van der Waals surface area (Å²) in [5.74, 6) is -0.760. The largest absolute Gasteiger partial charge is 0.508 e. The predicted octanol–water partition coefficient (Wildman–Crippen LogP) is 4.25. The van der Waals surface area contributed by atoms with Gasteiger partial charge in [-0.15, -0.1) is 0 Å².